The van der Waals surface area contributed by atoms with E-state index in [1.165, 1.54) is 11.3 Å². The lowest BCUT2D eigenvalue weighted by Crippen LogP contribution is -2.47. The molecule has 2 saturated heterocycles. The van der Waals surface area contributed by atoms with E-state index in [4.69, 9.17) is 4.42 Å². The van der Waals surface area contributed by atoms with Crippen LogP contribution in [0.15, 0.2) is 21.2 Å². The maximum Gasteiger partial charge on any atom is 0.289 e. The van der Waals surface area contributed by atoms with E-state index in [0.717, 1.165) is 39.0 Å². The van der Waals surface area contributed by atoms with Crippen LogP contribution in [0, 0.1) is 5.41 Å². The zero-order valence-corrected chi connectivity index (χ0v) is 14.9. The average molecular weight is 384 g/mol. The molecule has 2 fully saturated rings. The Labute approximate surface area is 144 Å². The second kappa shape index (κ2) is 6.65. The summed E-state index contributed by atoms with van der Waals surface area (Å²) in [4.78, 5) is 27.9. The first-order valence-electron chi connectivity index (χ1n) is 7.98. The molecule has 1 spiro atoms. The number of likely N-dealkylation sites (tertiary alicyclic amines) is 1. The van der Waals surface area contributed by atoms with Crippen molar-refractivity contribution in [3.05, 3.63) is 22.6 Å². The smallest absolute Gasteiger partial charge is 0.289 e. The number of nitrogens with zero attached hydrogens (tertiary/aromatic N) is 2. The zero-order chi connectivity index (χ0) is 16.4. The van der Waals surface area contributed by atoms with Crippen LogP contribution in [0.2, 0.25) is 0 Å². The molecular weight excluding hydrogens is 362 g/mol. The fourth-order valence-corrected chi connectivity index (χ4v) is 3.75. The summed E-state index contributed by atoms with van der Waals surface area (Å²) in [6.07, 6.45) is 3.31. The predicted molar refractivity (Wildman–Crippen MR) is 89.1 cm³/mol. The van der Waals surface area contributed by atoms with Crippen LogP contribution < -0.4 is 5.32 Å². The van der Waals surface area contributed by atoms with Crippen molar-refractivity contribution in [2.45, 2.75) is 19.3 Å². The number of piperidine rings is 1. The lowest BCUT2D eigenvalue weighted by molar-refractivity contribution is -0.133. The zero-order valence-electron chi connectivity index (χ0n) is 13.3. The minimum absolute atomic E-state index is 0.00674. The maximum absolute atomic E-state index is 12.4. The molecule has 1 aromatic heterocycles. The van der Waals surface area contributed by atoms with Gasteiger partial charge in [0.1, 0.15) is 0 Å². The van der Waals surface area contributed by atoms with Crippen molar-refractivity contribution < 1.29 is 14.0 Å². The Hall–Kier alpha value is -1.34. The number of hydrogen-bond donors (Lipinski definition) is 1. The number of nitrogens with one attached hydrogen (secondary N) is 1. The van der Waals surface area contributed by atoms with E-state index in [0.29, 0.717) is 10.1 Å². The van der Waals surface area contributed by atoms with Gasteiger partial charge in [-0.2, -0.15) is 0 Å². The van der Waals surface area contributed by atoms with Gasteiger partial charge in [0, 0.05) is 26.7 Å². The van der Waals surface area contributed by atoms with Crippen LogP contribution in [-0.4, -0.2) is 61.4 Å². The first-order valence-corrected chi connectivity index (χ1v) is 8.78. The highest BCUT2D eigenvalue weighted by Crippen LogP contribution is 2.36. The summed E-state index contributed by atoms with van der Waals surface area (Å²) < 4.78 is 5.76. The second-order valence-corrected chi connectivity index (χ2v) is 7.35. The summed E-state index contributed by atoms with van der Waals surface area (Å²) in [5.74, 6) is -0.0356. The Bertz CT molecular complexity index is 585. The molecule has 2 aliphatic heterocycles. The Morgan fingerprint density at radius 2 is 2.09 bits per heavy atom. The summed E-state index contributed by atoms with van der Waals surface area (Å²) in [6.45, 7) is 3.82. The Balaban J connectivity index is 1.52. The Morgan fingerprint density at radius 3 is 2.65 bits per heavy atom. The predicted octanol–water partition coefficient (Wildman–Crippen LogP) is 1.72. The summed E-state index contributed by atoms with van der Waals surface area (Å²) in [5, 5.41) is 3.42. The standard InChI is InChI=1S/C16H22BrN3O3/c1-19(15(22)12-2-3-13(17)23-12)10-14(21)20-8-5-16(6-9-20)4-7-18-11-16/h2-3,18H,4-11H2,1H3. The summed E-state index contributed by atoms with van der Waals surface area (Å²) in [7, 11) is 1.63. The molecule has 0 aromatic carbocycles. The highest BCUT2D eigenvalue weighted by molar-refractivity contribution is 9.10. The van der Waals surface area contributed by atoms with Crippen molar-refractivity contribution in [1.29, 1.82) is 0 Å². The van der Waals surface area contributed by atoms with Gasteiger partial charge >= 0.3 is 0 Å². The molecular formula is C16H22BrN3O3. The molecule has 0 radical (unpaired) electrons. The van der Waals surface area contributed by atoms with E-state index in [1.54, 1.807) is 19.2 Å². The topological polar surface area (TPSA) is 65.8 Å². The normalized spacial score (nSPS) is 20.0. The van der Waals surface area contributed by atoms with E-state index < -0.39 is 0 Å². The number of halogens is 1. The minimum atomic E-state index is -0.280. The van der Waals surface area contributed by atoms with Gasteiger partial charge < -0.3 is 19.5 Å². The van der Waals surface area contributed by atoms with Crippen molar-refractivity contribution in [2.75, 3.05) is 39.8 Å². The number of furan rings is 1. The second-order valence-electron chi connectivity index (χ2n) is 6.57. The van der Waals surface area contributed by atoms with Crippen molar-refractivity contribution in [3.8, 4) is 0 Å². The highest BCUT2D eigenvalue weighted by Gasteiger charge is 2.38. The maximum atomic E-state index is 12.4. The lowest BCUT2D eigenvalue weighted by atomic mass is 9.78. The van der Waals surface area contributed by atoms with Gasteiger partial charge in [-0.3, -0.25) is 9.59 Å². The molecule has 3 heterocycles. The third-order valence-electron chi connectivity index (χ3n) is 5.01. The van der Waals surface area contributed by atoms with Gasteiger partial charge in [0.15, 0.2) is 10.4 Å². The molecule has 1 N–H and O–H groups in total. The van der Waals surface area contributed by atoms with Crippen LogP contribution in [0.25, 0.3) is 0 Å². The first-order chi connectivity index (χ1) is 11.0. The molecule has 0 saturated carbocycles. The van der Waals surface area contributed by atoms with E-state index in [2.05, 4.69) is 21.2 Å². The van der Waals surface area contributed by atoms with Gasteiger partial charge in [-0.05, 0) is 59.3 Å². The summed E-state index contributed by atoms with van der Waals surface area (Å²) in [6, 6.07) is 3.27. The SMILES string of the molecule is CN(CC(=O)N1CCC2(CCNC2)CC1)C(=O)c1ccc(Br)o1. The molecule has 0 unspecified atom stereocenters. The van der Waals surface area contributed by atoms with Gasteiger partial charge in [-0.25, -0.2) is 0 Å². The van der Waals surface area contributed by atoms with Crippen molar-refractivity contribution >= 4 is 27.7 Å². The molecule has 3 rings (SSSR count). The van der Waals surface area contributed by atoms with Crippen molar-refractivity contribution in [2.24, 2.45) is 5.41 Å². The molecule has 2 aliphatic rings. The number of rotatable bonds is 3. The van der Waals surface area contributed by atoms with Gasteiger partial charge in [0.05, 0.1) is 6.54 Å². The molecule has 7 heteroatoms. The van der Waals surface area contributed by atoms with Crippen LogP contribution >= 0.6 is 15.9 Å². The Morgan fingerprint density at radius 1 is 1.35 bits per heavy atom. The number of carbonyl (C=O) groups excluding carboxylic acids is 2. The summed E-state index contributed by atoms with van der Waals surface area (Å²) in [5.41, 5.74) is 0.388. The number of carbonyl (C=O) groups is 2. The molecule has 0 aliphatic carbocycles. The third-order valence-corrected chi connectivity index (χ3v) is 5.44. The fourth-order valence-electron chi connectivity index (χ4n) is 3.44. The number of hydrogen-bond acceptors (Lipinski definition) is 4. The van der Waals surface area contributed by atoms with Gasteiger partial charge in [-0.1, -0.05) is 0 Å². The van der Waals surface area contributed by atoms with Gasteiger partial charge in [-0.15, -0.1) is 0 Å². The van der Waals surface area contributed by atoms with Crippen LogP contribution in [0.5, 0.6) is 0 Å². The Kier molecular flexibility index (Phi) is 4.77. The van der Waals surface area contributed by atoms with Gasteiger partial charge in [0.2, 0.25) is 5.91 Å². The molecule has 6 nitrogen and oxygen atoms in total. The third kappa shape index (κ3) is 3.61. The van der Waals surface area contributed by atoms with E-state index in [-0.39, 0.29) is 24.1 Å². The van der Waals surface area contributed by atoms with Crippen LogP contribution in [0.3, 0.4) is 0 Å². The molecule has 126 valence electrons. The first kappa shape index (κ1) is 16.5. The lowest BCUT2D eigenvalue weighted by Gasteiger charge is -2.39. The number of amides is 2. The molecule has 0 atom stereocenters. The number of likely N-dealkylation sites (N-methyl/N-ethyl adjacent to an activating group) is 1. The van der Waals surface area contributed by atoms with Crippen LogP contribution in [-0.2, 0) is 4.79 Å². The molecule has 2 amide bonds. The van der Waals surface area contributed by atoms with E-state index in [9.17, 15) is 9.59 Å². The average Bonchev–Trinajstić information content (AvgIpc) is 3.17. The fraction of sp³-hybridized carbons (Fsp3) is 0.625. The van der Waals surface area contributed by atoms with Crippen molar-refractivity contribution in [1.82, 2.24) is 15.1 Å². The molecule has 1 aromatic rings. The van der Waals surface area contributed by atoms with Crippen molar-refractivity contribution in [3.63, 3.8) is 0 Å². The quantitative estimate of drug-likeness (QED) is 0.862. The molecule has 0 bridgehead atoms. The molecule has 23 heavy (non-hydrogen) atoms. The van der Waals surface area contributed by atoms with Crippen LogP contribution in [0.4, 0.5) is 0 Å². The monoisotopic (exact) mass is 383 g/mol. The minimum Gasteiger partial charge on any atom is -0.444 e. The van der Waals surface area contributed by atoms with E-state index in [1.807, 2.05) is 4.90 Å². The summed E-state index contributed by atoms with van der Waals surface area (Å²) >= 11 is 3.17. The highest BCUT2D eigenvalue weighted by atomic mass is 79.9. The van der Waals surface area contributed by atoms with E-state index >= 15 is 0 Å². The van der Waals surface area contributed by atoms with Crippen LogP contribution in [0.1, 0.15) is 29.8 Å². The van der Waals surface area contributed by atoms with Gasteiger partial charge in [0.25, 0.3) is 5.91 Å². The largest absolute Gasteiger partial charge is 0.444 e.